The summed E-state index contributed by atoms with van der Waals surface area (Å²) < 4.78 is 5.28. The molecule has 0 aromatic heterocycles. The molecule has 28 heavy (non-hydrogen) atoms. The van der Waals surface area contributed by atoms with Crippen molar-refractivity contribution in [1.29, 1.82) is 0 Å². The van der Waals surface area contributed by atoms with Crippen LogP contribution < -0.4 is 10.6 Å². The van der Waals surface area contributed by atoms with Gasteiger partial charge in [-0.05, 0) is 43.0 Å². The highest BCUT2D eigenvalue weighted by Crippen LogP contribution is 2.31. The average molecular weight is 380 g/mol. The summed E-state index contributed by atoms with van der Waals surface area (Å²) in [7, 11) is 0. The van der Waals surface area contributed by atoms with E-state index in [-0.39, 0.29) is 18.4 Å². The molecule has 0 heterocycles. The largest absolute Gasteiger partial charge is 0.464 e. The number of hydrogen-bond donors (Lipinski definition) is 2. The van der Waals surface area contributed by atoms with Crippen molar-refractivity contribution >= 4 is 11.9 Å². The van der Waals surface area contributed by atoms with Crippen LogP contribution in [0.25, 0.3) is 0 Å². The molecule has 0 radical (unpaired) electrons. The fraction of sp³-hybridized carbons (Fsp3) is 0.391. The van der Waals surface area contributed by atoms with Crippen molar-refractivity contribution in [2.45, 2.75) is 38.1 Å². The van der Waals surface area contributed by atoms with Gasteiger partial charge in [-0.1, -0.05) is 54.6 Å². The van der Waals surface area contributed by atoms with E-state index in [4.69, 9.17) is 4.74 Å². The Balaban J connectivity index is 1.50. The summed E-state index contributed by atoms with van der Waals surface area (Å²) in [5, 5.41) is 6.13. The predicted molar refractivity (Wildman–Crippen MR) is 109 cm³/mol. The number of fused-ring (bicyclic) bond motifs is 1. The number of ether oxygens (including phenoxy) is 1. The van der Waals surface area contributed by atoms with E-state index in [1.165, 1.54) is 5.56 Å². The van der Waals surface area contributed by atoms with Crippen LogP contribution in [0.2, 0.25) is 0 Å². The number of carbonyl (C=O) groups excluding carboxylic acids is 2. The molecule has 0 atom stereocenters. The van der Waals surface area contributed by atoms with Gasteiger partial charge in [-0.2, -0.15) is 0 Å². The third-order valence-electron chi connectivity index (χ3n) is 5.10. The first kappa shape index (κ1) is 20.1. The molecule has 0 unspecified atom stereocenters. The number of nitrogens with one attached hydrogen (secondary N) is 2. The molecular weight excluding hydrogens is 352 g/mol. The van der Waals surface area contributed by atoms with Crippen molar-refractivity contribution in [2.24, 2.45) is 0 Å². The van der Waals surface area contributed by atoms with Gasteiger partial charge in [0.2, 0.25) is 5.91 Å². The summed E-state index contributed by atoms with van der Waals surface area (Å²) in [5.41, 5.74) is 2.47. The molecule has 5 nitrogen and oxygen atoms in total. The average Bonchev–Trinajstić information content (AvgIpc) is 3.08. The van der Waals surface area contributed by atoms with Crippen molar-refractivity contribution in [1.82, 2.24) is 10.6 Å². The van der Waals surface area contributed by atoms with Crippen molar-refractivity contribution in [3.05, 3.63) is 71.3 Å². The first-order valence-corrected chi connectivity index (χ1v) is 9.92. The Morgan fingerprint density at radius 2 is 1.64 bits per heavy atom. The zero-order chi connectivity index (χ0) is 19.8. The van der Waals surface area contributed by atoms with Crippen molar-refractivity contribution in [2.75, 3.05) is 19.7 Å². The molecule has 148 valence electrons. The Morgan fingerprint density at radius 3 is 2.29 bits per heavy atom. The van der Waals surface area contributed by atoms with E-state index < -0.39 is 5.54 Å². The maximum atomic E-state index is 12.6. The highest BCUT2D eigenvalue weighted by molar-refractivity contribution is 5.90. The number of rotatable bonds is 9. The lowest BCUT2D eigenvalue weighted by molar-refractivity contribution is -0.152. The highest BCUT2D eigenvalue weighted by Gasteiger charge is 2.46. The minimum Gasteiger partial charge on any atom is -0.464 e. The number of hydrogen-bond acceptors (Lipinski definition) is 4. The molecule has 2 aromatic carbocycles. The summed E-state index contributed by atoms with van der Waals surface area (Å²) in [6, 6.07) is 18.2. The summed E-state index contributed by atoms with van der Waals surface area (Å²) >= 11 is 0. The van der Waals surface area contributed by atoms with E-state index in [0.29, 0.717) is 19.4 Å². The van der Waals surface area contributed by atoms with Crippen molar-refractivity contribution in [3.63, 3.8) is 0 Å². The molecule has 2 N–H and O–H groups in total. The number of benzene rings is 2. The summed E-state index contributed by atoms with van der Waals surface area (Å²) in [5.74, 6) is -0.538. The topological polar surface area (TPSA) is 67.4 Å². The molecule has 1 aliphatic rings. The summed E-state index contributed by atoms with van der Waals surface area (Å²) in [6.45, 7) is 3.01. The minimum atomic E-state index is -0.998. The monoisotopic (exact) mass is 380 g/mol. The Hall–Kier alpha value is -2.66. The summed E-state index contributed by atoms with van der Waals surface area (Å²) in [6.07, 6.45) is 2.87. The first-order chi connectivity index (χ1) is 13.6. The fourth-order valence-corrected chi connectivity index (χ4v) is 3.74. The lowest BCUT2D eigenvalue weighted by Crippen LogP contribution is -2.57. The van der Waals surface area contributed by atoms with Crippen LogP contribution in [-0.4, -0.2) is 37.1 Å². The van der Waals surface area contributed by atoms with E-state index in [1.54, 1.807) is 6.92 Å². The maximum Gasteiger partial charge on any atom is 0.332 e. The van der Waals surface area contributed by atoms with Gasteiger partial charge in [0.15, 0.2) is 0 Å². The van der Waals surface area contributed by atoms with E-state index in [2.05, 4.69) is 22.8 Å². The lowest BCUT2D eigenvalue weighted by atomic mass is 9.95. The number of amides is 1. The molecule has 1 aliphatic carbocycles. The number of carbonyl (C=O) groups is 2. The van der Waals surface area contributed by atoms with E-state index in [9.17, 15) is 9.59 Å². The molecule has 0 saturated carbocycles. The third-order valence-corrected chi connectivity index (χ3v) is 5.10. The molecule has 0 aliphatic heterocycles. The highest BCUT2D eigenvalue weighted by atomic mass is 16.5. The molecular formula is C23H28N2O3. The van der Waals surface area contributed by atoms with Crippen LogP contribution in [0.5, 0.6) is 0 Å². The second kappa shape index (κ2) is 9.51. The van der Waals surface area contributed by atoms with Gasteiger partial charge in [0.05, 0.1) is 13.2 Å². The minimum absolute atomic E-state index is 0.180. The van der Waals surface area contributed by atoms with Gasteiger partial charge in [-0.3, -0.25) is 4.79 Å². The molecule has 0 saturated heterocycles. The Morgan fingerprint density at radius 1 is 1.00 bits per heavy atom. The molecule has 0 bridgehead atoms. The zero-order valence-corrected chi connectivity index (χ0v) is 16.4. The standard InChI is InChI=1S/C23H28N2O3/c1-2-28-22(27)23(15-19-12-6-7-13-20(19)16-23)25-21(26)17-24-14-8-11-18-9-4-3-5-10-18/h3-7,9-10,12-13,24H,2,8,11,14-17H2,1H3,(H,25,26). The molecule has 0 fully saturated rings. The van der Waals surface area contributed by atoms with Crippen LogP contribution in [-0.2, 0) is 33.6 Å². The molecule has 2 aromatic rings. The van der Waals surface area contributed by atoms with Gasteiger partial charge in [-0.15, -0.1) is 0 Å². The van der Waals surface area contributed by atoms with Gasteiger partial charge >= 0.3 is 5.97 Å². The van der Waals surface area contributed by atoms with Gasteiger partial charge < -0.3 is 15.4 Å². The quantitative estimate of drug-likeness (QED) is 0.518. The number of aryl methyl sites for hydroxylation is 1. The summed E-state index contributed by atoms with van der Waals surface area (Å²) in [4.78, 5) is 25.2. The Bertz CT molecular complexity index is 780. The third kappa shape index (κ3) is 4.98. The SMILES string of the molecule is CCOC(=O)C1(NC(=O)CNCCCc2ccccc2)Cc2ccccc2C1. The van der Waals surface area contributed by atoms with Gasteiger partial charge in [0, 0.05) is 12.8 Å². The van der Waals surface area contributed by atoms with Crippen molar-refractivity contribution in [3.8, 4) is 0 Å². The number of esters is 1. The van der Waals surface area contributed by atoms with E-state index >= 15 is 0 Å². The fourth-order valence-electron chi connectivity index (χ4n) is 3.74. The Kier molecular flexibility index (Phi) is 6.82. The van der Waals surface area contributed by atoms with Crippen LogP contribution in [0.1, 0.15) is 30.0 Å². The van der Waals surface area contributed by atoms with Crippen LogP contribution in [0.3, 0.4) is 0 Å². The van der Waals surface area contributed by atoms with Gasteiger partial charge in [0.25, 0.3) is 0 Å². The van der Waals surface area contributed by atoms with Gasteiger partial charge in [-0.25, -0.2) is 4.79 Å². The normalized spacial score (nSPS) is 14.3. The van der Waals surface area contributed by atoms with Crippen molar-refractivity contribution < 1.29 is 14.3 Å². The molecule has 5 heteroatoms. The Labute approximate surface area is 166 Å². The van der Waals surface area contributed by atoms with Crippen LogP contribution in [0, 0.1) is 0 Å². The van der Waals surface area contributed by atoms with E-state index in [0.717, 1.165) is 30.5 Å². The molecule has 3 rings (SSSR count). The maximum absolute atomic E-state index is 12.6. The lowest BCUT2D eigenvalue weighted by Gasteiger charge is -2.28. The first-order valence-electron chi connectivity index (χ1n) is 9.92. The smallest absolute Gasteiger partial charge is 0.332 e. The van der Waals surface area contributed by atoms with Gasteiger partial charge in [0.1, 0.15) is 5.54 Å². The second-order valence-electron chi connectivity index (χ2n) is 7.24. The molecule has 1 amide bonds. The second-order valence-corrected chi connectivity index (χ2v) is 7.24. The molecule has 0 spiro atoms. The van der Waals surface area contributed by atoms with Crippen LogP contribution in [0.4, 0.5) is 0 Å². The zero-order valence-electron chi connectivity index (χ0n) is 16.4. The predicted octanol–water partition coefficient (Wildman–Crippen LogP) is 2.43. The van der Waals surface area contributed by atoms with Crippen LogP contribution >= 0.6 is 0 Å². The van der Waals surface area contributed by atoms with Crippen LogP contribution in [0.15, 0.2) is 54.6 Å². The van der Waals surface area contributed by atoms with E-state index in [1.807, 2.05) is 42.5 Å².